The summed E-state index contributed by atoms with van der Waals surface area (Å²) < 4.78 is 12.2. The molecule has 0 radical (unpaired) electrons. The molecule has 2 aromatic carbocycles. The number of carbonyl (C=O) groups excluding carboxylic acids is 1. The monoisotopic (exact) mass is 346 g/mol. The van der Waals surface area contributed by atoms with E-state index in [4.69, 9.17) is 34.8 Å². The van der Waals surface area contributed by atoms with Crippen LogP contribution in [-0.4, -0.2) is 15.7 Å². The van der Waals surface area contributed by atoms with Crippen molar-refractivity contribution in [2.45, 2.75) is 4.90 Å². The molecule has 0 spiro atoms. The Hall–Kier alpha value is -0.870. The first kappa shape index (κ1) is 15.5. The Morgan fingerprint density at radius 1 is 1.00 bits per heavy atom. The van der Waals surface area contributed by atoms with Gasteiger partial charge in [-0.15, -0.1) is 0 Å². The first-order valence-electron chi connectivity index (χ1n) is 5.60. The smallest absolute Gasteiger partial charge is 0.177 e. The third-order valence-electron chi connectivity index (χ3n) is 2.57. The highest BCUT2D eigenvalue weighted by Gasteiger charge is 2.17. The second-order valence-corrected chi connectivity index (χ2v) is 6.64. The summed E-state index contributed by atoms with van der Waals surface area (Å²) in [5.74, 6) is -0.528. The fraction of sp³-hybridized carbons (Fsp3) is 0.0714. The van der Waals surface area contributed by atoms with Gasteiger partial charge in [-0.05, 0) is 30.3 Å². The minimum absolute atomic E-state index is 0.191. The van der Waals surface area contributed by atoms with Crippen LogP contribution in [0.4, 0.5) is 0 Å². The second kappa shape index (κ2) is 6.72. The van der Waals surface area contributed by atoms with Crippen molar-refractivity contribution >= 4 is 51.4 Å². The minimum atomic E-state index is -1.52. The molecule has 0 N–H and O–H groups in total. The number of hydrogen-bond donors (Lipinski definition) is 0. The molecule has 1 unspecified atom stereocenters. The van der Waals surface area contributed by atoms with Crippen molar-refractivity contribution in [3.63, 3.8) is 0 Å². The van der Waals surface area contributed by atoms with Gasteiger partial charge in [-0.25, -0.2) is 0 Å². The van der Waals surface area contributed by atoms with Crippen LogP contribution in [0.3, 0.4) is 0 Å². The van der Waals surface area contributed by atoms with Crippen LogP contribution >= 0.6 is 34.8 Å². The molecule has 20 heavy (non-hydrogen) atoms. The molecule has 1 atom stereocenters. The summed E-state index contributed by atoms with van der Waals surface area (Å²) in [4.78, 5) is 12.6. The molecule has 0 heterocycles. The highest BCUT2D eigenvalue weighted by molar-refractivity contribution is 7.86. The van der Waals surface area contributed by atoms with Crippen molar-refractivity contribution < 1.29 is 9.00 Å². The van der Waals surface area contributed by atoms with Gasteiger partial charge < -0.3 is 0 Å². The Bertz CT molecular complexity index is 686. The van der Waals surface area contributed by atoms with Crippen LogP contribution in [-0.2, 0) is 10.8 Å². The normalized spacial score (nSPS) is 12.2. The van der Waals surface area contributed by atoms with Crippen molar-refractivity contribution in [2.24, 2.45) is 0 Å². The number of rotatable bonds is 4. The zero-order valence-electron chi connectivity index (χ0n) is 10.1. The van der Waals surface area contributed by atoms with Gasteiger partial charge in [0.05, 0.1) is 31.5 Å². The molecule has 0 amide bonds. The van der Waals surface area contributed by atoms with Crippen molar-refractivity contribution in [3.05, 3.63) is 63.1 Å². The molecule has 2 aromatic rings. The van der Waals surface area contributed by atoms with Gasteiger partial charge >= 0.3 is 0 Å². The van der Waals surface area contributed by atoms with E-state index in [0.29, 0.717) is 14.9 Å². The highest BCUT2D eigenvalue weighted by Crippen LogP contribution is 2.23. The Morgan fingerprint density at radius 2 is 1.70 bits per heavy atom. The lowest BCUT2D eigenvalue weighted by Crippen LogP contribution is -2.12. The van der Waals surface area contributed by atoms with E-state index in [1.165, 1.54) is 12.1 Å². The number of carbonyl (C=O) groups is 1. The largest absolute Gasteiger partial charge is 0.293 e. The quantitative estimate of drug-likeness (QED) is 0.755. The first-order chi connectivity index (χ1) is 9.49. The van der Waals surface area contributed by atoms with Crippen LogP contribution in [0.15, 0.2) is 47.4 Å². The Morgan fingerprint density at radius 3 is 2.40 bits per heavy atom. The fourth-order valence-corrected chi connectivity index (χ4v) is 3.47. The van der Waals surface area contributed by atoms with Gasteiger partial charge in [0.25, 0.3) is 0 Å². The van der Waals surface area contributed by atoms with Crippen molar-refractivity contribution in [2.75, 3.05) is 5.75 Å². The van der Waals surface area contributed by atoms with Crippen LogP contribution in [0.5, 0.6) is 0 Å². The number of Topliss-reactive ketones (excluding diaryl/α,β-unsaturated/α-hetero) is 1. The van der Waals surface area contributed by atoms with Gasteiger partial charge in [-0.2, -0.15) is 0 Å². The predicted molar refractivity (Wildman–Crippen MR) is 83.5 cm³/mol. The van der Waals surface area contributed by atoms with Crippen molar-refractivity contribution in [1.29, 1.82) is 0 Å². The number of benzene rings is 2. The maximum Gasteiger partial charge on any atom is 0.177 e. The minimum Gasteiger partial charge on any atom is -0.293 e. The van der Waals surface area contributed by atoms with E-state index in [2.05, 4.69) is 0 Å². The molecular weight excluding hydrogens is 339 g/mol. The lowest BCUT2D eigenvalue weighted by molar-refractivity contribution is 0.102. The number of ketones is 1. The lowest BCUT2D eigenvalue weighted by atomic mass is 10.1. The van der Waals surface area contributed by atoms with Crippen molar-refractivity contribution in [3.8, 4) is 0 Å². The van der Waals surface area contributed by atoms with Gasteiger partial charge in [-0.1, -0.05) is 46.9 Å². The van der Waals surface area contributed by atoms with E-state index in [0.717, 1.165) is 0 Å². The average Bonchev–Trinajstić information content (AvgIpc) is 2.41. The molecule has 0 fully saturated rings. The molecule has 0 aromatic heterocycles. The zero-order chi connectivity index (χ0) is 14.7. The Kier molecular flexibility index (Phi) is 5.22. The summed E-state index contributed by atoms with van der Waals surface area (Å²) in [6.07, 6.45) is 0. The first-order valence-corrected chi connectivity index (χ1v) is 8.05. The van der Waals surface area contributed by atoms with E-state index >= 15 is 0 Å². The number of halogens is 3. The van der Waals surface area contributed by atoms with Crippen LogP contribution in [0, 0.1) is 0 Å². The number of hydrogen-bond acceptors (Lipinski definition) is 2. The van der Waals surface area contributed by atoms with E-state index in [1.54, 1.807) is 30.3 Å². The summed E-state index contributed by atoms with van der Waals surface area (Å²) >= 11 is 17.7. The van der Waals surface area contributed by atoms with E-state index < -0.39 is 10.8 Å². The molecule has 2 rings (SSSR count). The van der Waals surface area contributed by atoms with Crippen LogP contribution in [0.25, 0.3) is 0 Å². The zero-order valence-corrected chi connectivity index (χ0v) is 13.2. The predicted octanol–water partition coefficient (Wildman–Crippen LogP) is 4.64. The lowest BCUT2D eigenvalue weighted by Gasteiger charge is -2.06. The maximum absolute atomic E-state index is 12.2. The van der Waals surface area contributed by atoms with Crippen LogP contribution in [0.2, 0.25) is 15.1 Å². The van der Waals surface area contributed by atoms with E-state index in [9.17, 15) is 9.00 Å². The molecule has 6 heteroatoms. The molecule has 0 saturated carbocycles. The summed E-state index contributed by atoms with van der Waals surface area (Å²) in [6, 6.07) is 11.3. The van der Waals surface area contributed by atoms with E-state index in [1.807, 2.05) is 0 Å². The van der Waals surface area contributed by atoms with Crippen molar-refractivity contribution in [1.82, 2.24) is 0 Å². The molecule has 0 aliphatic carbocycles. The average molecular weight is 348 g/mol. The van der Waals surface area contributed by atoms with Gasteiger partial charge in [0.1, 0.15) is 0 Å². The third kappa shape index (κ3) is 3.61. The molecule has 2 nitrogen and oxygen atoms in total. The Balaban J connectivity index is 2.22. The molecule has 0 aliphatic heterocycles. The van der Waals surface area contributed by atoms with Gasteiger partial charge in [-0.3, -0.25) is 9.00 Å². The second-order valence-electron chi connectivity index (χ2n) is 3.97. The molecule has 0 bridgehead atoms. The molecule has 0 saturated heterocycles. The summed E-state index contributed by atoms with van der Waals surface area (Å²) in [7, 11) is -1.52. The topological polar surface area (TPSA) is 34.1 Å². The maximum atomic E-state index is 12.2. The molecule has 0 aliphatic rings. The van der Waals surface area contributed by atoms with E-state index in [-0.39, 0.29) is 22.1 Å². The van der Waals surface area contributed by atoms with Gasteiger partial charge in [0.2, 0.25) is 0 Å². The fourth-order valence-electron chi connectivity index (χ4n) is 1.62. The third-order valence-corrected chi connectivity index (χ3v) is 4.95. The molecular formula is C14H9Cl3O2S. The summed E-state index contributed by atoms with van der Waals surface area (Å²) in [5.41, 5.74) is 0.263. The van der Waals surface area contributed by atoms with Crippen LogP contribution in [0.1, 0.15) is 10.4 Å². The van der Waals surface area contributed by atoms with Gasteiger partial charge in [0, 0.05) is 10.6 Å². The summed E-state index contributed by atoms with van der Waals surface area (Å²) in [5, 5.41) is 1.06. The SMILES string of the molecule is O=C(CS(=O)c1ccccc1Cl)c1cc(Cl)ccc1Cl. The summed E-state index contributed by atoms with van der Waals surface area (Å²) in [6.45, 7) is 0. The molecule has 104 valence electrons. The Labute approximate surface area is 134 Å². The standard InChI is InChI=1S/C14H9Cl3O2S/c15-9-5-6-11(16)10(7-9)13(18)8-20(19)14-4-2-1-3-12(14)17/h1-7H,8H2. The van der Waals surface area contributed by atoms with Crippen LogP contribution < -0.4 is 0 Å². The van der Waals surface area contributed by atoms with Gasteiger partial charge in [0.15, 0.2) is 5.78 Å². The highest BCUT2D eigenvalue weighted by atomic mass is 35.5.